The number of carbonyl (C=O) groups is 3. The third kappa shape index (κ3) is 3.12. The summed E-state index contributed by atoms with van der Waals surface area (Å²) in [5, 5.41) is 2.29. The van der Waals surface area contributed by atoms with Crippen LogP contribution in [0.5, 0.6) is 0 Å². The molecule has 1 aromatic carbocycles. The Labute approximate surface area is 124 Å². The fraction of sp³-hybridized carbons (Fsp3) is 0.438. The molecule has 1 aliphatic heterocycles. The maximum absolute atomic E-state index is 12.8. The molecule has 1 N–H and O–H groups in total. The SMILES string of the molecule is CCC(C(=O)N1CC(=O)NC(=O)C1CC)c1ccccc1. The van der Waals surface area contributed by atoms with Gasteiger partial charge in [-0.05, 0) is 18.4 Å². The summed E-state index contributed by atoms with van der Waals surface area (Å²) >= 11 is 0. The van der Waals surface area contributed by atoms with Gasteiger partial charge in [-0.3, -0.25) is 19.7 Å². The number of benzene rings is 1. The summed E-state index contributed by atoms with van der Waals surface area (Å²) in [5.74, 6) is -1.27. The average molecular weight is 288 g/mol. The van der Waals surface area contributed by atoms with Gasteiger partial charge in [0.05, 0.1) is 5.92 Å². The maximum Gasteiger partial charge on any atom is 0.249 e. The first-order valence-corrected chi connectivity index (χ1v) is 7.27. The third-order valence-electron chi connectivity index (χ3n) is 3.83. The lowest BCUT2D eigenvalue weighted by atomic mass is 9.93. The number of amides is 3. The van der Waals surface area contributed by atoms with Crippen molar-refractivity contribution in [1.82, 2.24) is 10.2 Å². The van der Waals surface area contributed by atoms with Crippen molar-refractivity contribution < 1.29 is 14.4 Å². The molecule has 1 heterocycles. The maximum atomic E-state index is 12.8. The Morgan fingerprint density at radius 3 is 2.52 bits per heavy atom. The minimum Gasteiger partial charge on any atom is -0.321 e. The fourth-order valence-electron chi connectivity index (χ4n) is 2.74. The second-order valence-electron chi connectivity index (χ2n) is 5.17. The molecule has 21 heavy (non-hydrogen) atoms. The fourth-order valence-corrected chi connectivity index (χ4v) is 2.74. The number of rotatable bonds is 4. The van der Waals surface area contributed by atoms with Crippen LogP contribution in [0, 0.1) is 0 Å². The zero-order chi connectivity index (χ0) is 15.4. The van der Waals surface area contributed by atoms with Gasteiger partial charge in [0.15, 0.2) is 0 Å². The Kier molecular flexibility index (Phi) is 4.73. The van der Waals surface area contributed by atoms with E-state index in [1.54, 1.807) is 0 Å². The van der Waals surface area contributed by atoms with E-state index >= 15 is 0 Å². The highest BCUT2D eigenvalue weighted by atomic mass is 16.2. The molecule has 2 atom stereocenters. The summed E-state index contributed by atoms with van der Waals surface area (Å²) in [7, 11) is 0. The van der Waals surface area contributed by atoms with Crippen molar-refractivity contribution in [3.63, 3.8) is 0 Å². The van der Waals surface area contributed by atoms with Crippen LogP contribution in [0.15, 0.2) is 30.3 Å². The van der Waals surface area contributed by atoms with Crippen molar-refractivity contribution in [1.29, 1.82) is 0 Å². The van der Waals surface area contributed by atoms with Crippen LogP contribution >= 0.6 is 0 Å². The van der Waals surface area contributed by atoms with Gasteiger partial charge >= 0.3 is 0 Å². The number of hydrogen-bond donors (Lipinski definition) is 1. The Bertz CT molecular complexity index is 542. The molecule has 2 unspecified atom stereocenters. The van der Waals surface area contributed by atoms with E-state index in [0.717, 1.165) is 5.56 Å². The van der Waals surface area contributed by atoms with Crippen molar-refractivity contribution in [3.8, 4) is 0 Å². The molecular formula is C16H20N2O3. The van der Waals surface area contributed by atoms with Crippen molar-refractivity contribution in [2.75, 3.05) is 6.54 Å². The normalized spacial score (nSPS) is 20.1. The molecule has 5 heteroatoms. The molecule has 1 aliphatic rings. The van der Waals surface area contributed by atoms with Gasteiger partial charge in [-0.2, -0.15) is 0 Å². The van der Waals surface area contributed by atoms with Crippen LogP contribution < -0.4 is 5.32 Å². The average Bonchev–Trinajstić information content (AvgIpc) is 2.48. The highest BCUT2D eigenvalue weighted by Crippen LogP contribution is 2.24. The molecule has 1 saturated heterocycles. The van der Waals surface area contributed by atoms with Gasteiger partial charge in [-0.25, -0.2) is 0 Å². The quantitative estimate of drug-likeness (QED) is 0.853. The molecule has 0 aromatic heterocycles. The zero-order valence-corrected chi connectivity index (χ0v) is 12.3. The Hall–Kier alpha value is -2.17. The van der Waals surface area contributed by atoms with Gasteiger partial charge in [-0.15, -0.1) is 0 Å². The lowest BCUT2D eigenvalue weighted by Gasteiger charge is -2.35. The van der Waals surface area contributed by atoms with Crippen LogP contribution in [-0.2, 0) is 14.4 Å². The first-order chi connectivity index (χ1) is 10.1. The second kappa shape index (κ2) is 6.52. The largest absolute Gasteiger partial charge is 0.321 e. The van der Waals surface area contributed by atoms with E-state index in [9.17, 15) is 14.4 Å². The van der Waals surface area contributed by atoms with E-state index in [0.29, 0.717) is 12.8 Å². The molecular weight excluding hydrogens is 268 g/mol. The number of carbonyl (C=O) groups excluding carboxylic acids is 3. The molecule has 0 bridgehead atoms. The third-order valence-corrected chi connectivity index (χ3v) is 3.83. The summed E-state index contributed by atoms with van der Waals surface area (Å²) in [6.07, 6.45) is 1.13. The summed E-state index contributed by atoms with van der Waals surface area (Å²) < 4.78 is 0. The minimum absolute atomic E-state index is 0.0492. The summed E-state index contributed by atoms with van der Waals surface area (Å²) in [6.45, 7) is 3.72. The van der Waals surface area contributed by atoms with Crippen LogP contribution in [0.4, 0.5) is 0 Å². The van der Waals surface area contributed by atoms with Crippen molar-refractivity contribution in [2.24, 2.45) is 0 Å². The van der Waals surface area contributed by atoms with E-state index < -0.39 is 11.9 Å². The van der Waals surface area contributed by atoms with Crippen molar-refractivity contribution in [2.45, 2.75) is 38.6 Å². The van der Waals surface area contributed by atoms with Crippen molar-refractivity contribution >= 4 is 17.7 Å². The van der Waals surface area contributed by atoms with Crippen LogP contribution in [0.1, 0.15) is 38.2 Å². The molecule has 2 rings (SSSR count). The predicted octanol–water partition coefficient (Wildman–Crippen LogP) is 1.44. The summed E-state index contributed by atoms with van der Waals surface area (Å²) in [6, 6.07) is 8.91. The molecule has 112 valence electrons. The minimum atomic E-state index is -0.562. The Morgan fingerprint density at radius 2 is 1.95 bits per heavy atom. The molecule has 0 saturated carbocycles. The first kappa shape index (κ1) is 15.2. The molecule has 0 radical (unpaired) electrons. The van der Waals surface area contributed by atoms with Crippen molar-refractivity contribution in [3.05, 3.63) is 35.9 Å². The highest BCUT2D eigenvalue weighted by molar-refractivity contribution is 6.05. The number of imide groups is 1. The van der Waals surface area contributed by atoms with E-state index in [-0.39, 0.29) is 24.3 Å². The smallest absolute Gasteiger partial charge is 0.249 e. The topological polar surface area (TPSA) is 66.5 Å². The van der Waals surface area contributed by atoms with Gasteiger partial charge in [0.25, 0.3) is 0 Å². The molecule has 0 spiro atoms. The number of hydrogen-bond acceptors (Lipinski definition) is 3. The zero-order valence-electron chi connectivity index (χ0n) is 12.3. The molecule has 5 nitrogen and oxygen atoms in total. The summed E-state index contributed by atoms with van der Waals surface area (Å²) in [5.41, 5.74) is 0.915. The monoisotopic (exact) mass is 288 g/mol. The number of piperazine rings is 1. The lowest BCUT2D eigenvalue weighted by Crippen LogP contribution is -2.60. The van der Waals surface area contributed by atoms with Gasteiger partial charge in [0, 0.05) is 0 Å². The van der Waals surface area contributed by atoms with Gasteiger partial charge in [0.2, 0.25) is 17.7 Å². The van der Waals surface area contributed by atoms with E-state index in [4.69, 9.17) is 0 Å². The Morgan fingerprint density at radius 1 is 1.29 bits per heavy atom. The first-order valence-electron chi connectivity index (χ1n) is 7.27. The van der Waals surface area contributed by atoms with E-state index in [1.165, 1.54) is 4.90 Å². The standard InChI is InChI=1S/C16H20N2O3/c1-3-12(11-8-6-5-7-9-11)16(21)18-10-14(19)17-15(20)13(18)4-2/h5-9,12-13H,3-4,10H2,1-2H3,(H,17,19,20). The van der Waals surface area contributed by atoms with Crippen LogP contribution in [0.25, 0.3) is 0 Å². The lowest BCUT2D eigenvalue weighted by molar-refractivity contribution is -0.151. The molecule has 3 amide bonds. The second-order valence-corrected chi connectivity index (χ2v) is 5.17. The number of nitrogens with one attached hydrogen (secondary N) is 1. The Balaban J connectivity index is 2.27. The van der Waals surface area contributed by atoms with Gasteiger partial charge < -0.3 is 4.90 Å². The molecule has 1 fully saturated rings. The molecule has 1 aromatic rings. The molecule has 0 aliphatic carbocycles. The number of nitrogens with zero attached hydrogens (tertiary/aromatic N) is 1. The predicted molar refractivity (Wildman–Crippen MR) is 78.4 cm³/mol. The van der Waals surface area contributed by atoms with Crippen LogP contribution in [-0.4, -0.2) is 35.2 Å². The van der Waals surface area contributed by atoms with Crippen LogP contribution in [0.3, 0.4) is 0 Å². The summed E-state index contributed by atoms with van der Waals surface area (Å²) in [4.78, 5) is 37.6. The van der Waals surface area contributed by atoms with Crippen LogP contribution in [0.2, 0.25) is 0 Å². The van der Waals surface area contributed by atoms with E-state index in [1.807, 2.05) is 44.2 Å². The van der Waals surface area contributed by atoms with E-state index in [2.05, 4.69) is 5.32 Å². The highest BCUT2D eigenvalue weighted by Gasteiger charge is 2.38. The van der Waals surface area contributed by atoms with Gasteiger partial charge in [-0.1, -0.05) is 44.2 Å². The van der Waals surface area contributed by atoms with Gasteiger partial charge in [0.1, 0.15) is 12.6 Å².